The number of aryl methyl sites for hydroxylation is 1. The van der Waals surface area contributed by atoms with Gasteiger partial charge in [0.05, 0.1) is 10.6 Å². The van der Waals surface area contributed by atoms with Crippen LogP contribution in [0, 0.1) is 0 Å². The Labute approximate surface area is 149 Å². The summed E-state index contributed by atoms with van der Waals surface area (Å²) in [5.74, 6) is -0.676. The molecule has 128 valence electrons. The fraction of sp³-hybridized carbons (Fsp3) is 0.167. The van der Waals surface area contributed by atoms with Crippen LogP contribution in [0.4, 0.5) is 0 Å². The summed E-state index contributed by atoms with van der Waals surface area (Å²) >= 11 is 1.58. The number of carbonyl (C=O) groups is 2. The molecule has 0 saturated carbocycles. The predicted molar refractivity (Wildman–Crippen MR) is 97.2 cm³/mol. The number of aromatic nitrogens is 2. The summed E-state index contributed by atoms with van der Waals surface area (Å²) in [5, 5.41) is 11.6. The fourth-order valence-electron chi connectivity index (χ4n) is 2.53. The zero-order valence-corrected chi connectivity index (χ0v) is 14.7. The Balaban J connectivity index is 1.85. The molecule has 0 aliphatic carbocycles. The van der Waals surface area contributed by atoms with E-state index < -0.39 is 11.9 Å². The van der Waals surface area contributed by atoms with Crippen molar-refractivity contribution in [3.63, 3.8) is 0 Å². The number of benzene rings is 1. The molecule has 0 unspecified atom stereocenters. The first kappa shape index (κ1) is 16.9. The van der Waals surface area contributed by atoms with Crippen LogP contribution in [0.5, 0.6) is 0 Å². The Morgan fingerprint density at radius 3 is 2.56 bits per heavy atom. The summed E-state index contributed by atoms with van der Waals surface area (Å²) < 4.78 is 1.66. The predicted octanol–water partition coefficient (Wildman–Crippen LogP) is 2.37. The van der Waals surface area contributed by atoms with Gasteiger partial charge in [-0.25, -0.2) is 0 Å². The zero-order valence-electron chi connectivity index (χ0n) is 13.9. The highest BCUT2D eigenvalue weighted by molar-refractivity contribution is 7.13. The van der Waals surface area contributed by atoms with Crippen LogP contribution >= 0.6 is 11.3 Å². The van der Waals surface area contributed by atoms with Gasteiger partial charge < -0.3 is 10.6 Å². The second-order valence-corrected chi connectivity index (χ2v) is 6.39. The zero-order chi connectivity index (χ0) is 17.8. The van der Waals surface area contributed by atoms with Gasteiger partial charge in [-0.2, -0.15) is 5.10 Å². The molecule has 3 rings (SSSR count). The van der Waals surface area contributed by atoms with E-state index in [4.69, 9.17) is 0 Å². The molecule has 0 aliphatic rings. The van der Waals surface area contributed by atoms with Gasteiger partial charge in [0.25, 0.3) is 5.91 Å². The van der Waals surface area contributed by atoms with Crippen molar-refractivity contribution in [2.75, 3.05) is 7.05 Å². The van der Waals surface area contributed by atoms with Crippen LogP contribution in [-0.2, 0) is 11.8 Å². The molecule has 0 fully saturated rings. The van der Waals surface area contributed by atoms with Crippen LogP contribution in [0.1, 0.15) is 22.1 Å². The fourth-order valence-corrected chi connectivity index (χ4v) is 3.30. The van der Waals surface area contributed by atoms with Gasteiger partial charge in [-0.1, -0.05) is 36.4 Å². The van der Waals surface area contributed by atoms with E-state index in [1.807, 2.05) is 35.7 Å². The van der Waals surface area contributed by atoms with Crippen LogP contribution in [0.15, 0.2) is 53.9 Å². The summed E-state index contributed by atoms with van der Waals surface area (Å²) in [6.45, 7) is 0. The Kier molecular flexibility index (Phi) is 4.95. The topological polar surface area (TPSA) is 76.0 Å². The number of rotatable bonds is 5. The third kappa shape index (κ3) is 3.61. The molecule has 0 bridgehead atoms. The molecule has 1 aromatic carbocycles. The lowest BCUT2D eigenvalue weighted by Gasteiger charge is -2.17. The van der Waals surface area contributed by atoms with Crippen LogP contribution in [0.25, 0.3) is 10.6 Å². The van der Waals surface area contributed by atoms with Crippen molar-refractivity contribution in [3.05, 3.63) is 65.2 Å². The molecule has 2 aromatic heterocycles. The van der Waals surface area contributed by atoms with Gasteiger partial charge in [-0.15, -0.1) is 11.3 Å². The highest BCUT2D eigenvalue weighted by Crippen LogP contribution is 2.25. The molecule has 0 spiro atoms. The molecule has 25 heavy (non-hydrogen) atoms. The van der Waals surface area contributed by atoms with Gasteiger partial charge in [-0.3, -0.25) is 14.3 Å². The number of carbonyl (C=O) groups excluding carboxylic acids is 2. The van der Waals surface area contributed by atoms with Gasteiger partial charge in [0.1, 0.15) is 6.04 Å². The summed E-state index contributed by atoms with van der Waals surface area (Å²) in [7, 11) is 3.33. The van der Waals surface area contributed by atoms with Crippen LogP contribution in [-0.4, -0.2) is 28.6 Å². The molecule has 0 aliphatic heterocycles. The molecule has 2 heterocycles. The number of likely N-dealkylation sites (N-methyl/N-ethyl adjacent to an activating group) is 1. The Bertz CT molecular complexity index is 872. The highest BCUT2D eigenvalue weighted by atomic mass is 32.1. The van der Waals surface area contributed by atoms with Crippen molar-refractivity contribution in [2.45, 2.75) is 6.04 Å². The van der Waals surface area contributed by atoms with E-state index in [-0.39, 0.29) is 11.6 Å². The minimum absolute atomic E-state index is 0.274. The maximum absolute atomic E-state index is 12.6. The number of hydrogen-bond acceptors (Lipinski definition) is 4. The largest absolute Gasteiger partial charge is 0.357 e. The van der Waals surface area contributed by atoms with Crippen molar-refractivity contribution in [2.24, 2.45) is 7.05 Å². The van der Waals surface area contributed by atoms with Crippen LogP contribution < -0.4 is 10.6 Å². The number of amides is 2. The molecule has 0 saturated heterocycles. The second kappa shape index (κ2) is 7.31. The van der Waals surface area contributed by atoms with Crippen molar-refractivity contribution in [1.29, 1.82) is 0 Å². The van der Waals surface area contributed by atoms with Gasteiger partial charge >= 0.3 is 0 Å². The lowest BCUT2D eigenvalue weighted by Crippen LogP contribution is -2.39. The van der Waals surface area contributed by atoms with Crippen molar-refractivity contribution < 1.29 is 9.59 Å². The molecule has 1 atom stereocenters. The first-order chi connectivity index (χ1) is 12.1. The molecule has 2 amide bonds. The average Bonchev–Trinajstić information content (AvgIpc) is 3.29. The van der Waals surface area contributed by atoms with Crippen molar-refractivity contribution >= 4 is 23.2 Å². The van der Waals surface area contributed by atoms with E-state index in [0.717, 1.165) is 10.6 Å². The van der Waals surface area contributed by atoms with E-state index in [9.17, 15) is 9.59 Å². The molecule has 7 heteroatoms. The van der Waals surface area contributed by atoms with E-state index in [1.165, 1.54) is 0 Å². The minimum atomic E-state index is -0.772. The molecule has 2 N–H and O–H groups in total. The molecule has 0 radical (unpaired) electrons. The average molecular weight is 354 g/mol. The quantitative estimate of drug-likeness (QED) is 0.738. The molecular formula is C18H18N4O2S. The number of nitrogens with one attached hydrogen (secondary N) is 2. The second-order valence-electron chi connectivity index (χ2n) is 5.45. The monoisotopic (exact) mass is 354 g/mol. The normalized spacial score (nSPS) is 11.8. The van der Waals surface area contributed by atoms with Gasteiger partial charge in [0.2, 0.25) is 5.91 Å². The van der Waals surface area contributed by atoms with E-state index in [0.29, 0.717) is 5.56 Å². The molecule has 3 aromatic rings. The smallest absolute Gasteiger partial charge is 0.272 e. The summed E-state index contributed by atoms with van der Waals surface area (Å²) in [5.41, 5.74) is 1.84. The van der Waals surface area contributed by atoms with E-state index >= 15 is 0 Å². The Morgan fingerprint density at radius 1 is 1.16 bits per heavy atom. The number of hydrogen-bond donors (Lipinski definition) is 2. The number of thiophene rings is 1. The molecule has 6 nitrogen and oxygen atoms in total. The maximum Gasteiger partial charge on any atom is 0.272 e. The molecular weight excluding hydrogens is 336 g/mol. The SMILES string of the molecule is CNC(=O)[C@H](NC(=O)c1cc(-c2cccs2)n(C)n1)c1ccccc1. The standard InChI is InChI=1S/C18H18N4O2S/c1-19-18(24)16(12-7-4-3-5-8-12)20-17(23)13-11-14(22(2)21-13)15-9-6-10-25-15/h3-11,16H,1-2H3,(H,19,24)(H,20,23)/t16-/m1/s1. The van der Waals surface area contributed by atoms with Gasteiger partial charge in [-0.05, 0) is 23.1 Å². The number of nitrogens with zero attached hydrogens (tertiary/aromatic N) is 2. The summed E-state index contributed by atoms with van der Waals surface area (Å²) in [6.07, 6.45) is 0. The first-order valence-electron chi connectivity index (χ1n) is 7.75. The Hall–Kier alpha value is -2.93. The third-order valence-electron chi connectivity index (χ3n) is 3.80. The van der Waals surface area contributed by atoms with Crippen molar-refractivity contribution in [1.82, 2.24) is 20.4 Å². The van der Waals surface area contributed by atoms with E-state index in [2.05, 4.69) is 15.7 Å². The minimum Gasteiger partial charge on any atom is -0.357 e. The third-order valence-corrected chi connectivity index (χ3v) is 4.70. The van der Waals surface area contributed by atoms with Gasteiger partial charge in [0, 0.05) is 14.1 Å². The summed E-state index contributed by atoms with van der Waals surface area (Å²) in [6, 6.07) is 14.0. The first-order valence-corrected chi connectivity index (χ1v) is 8.63. The highest BCUT2D eigenvalue weighted by Gasteiger charge is 2.24. The lowest BCUT2D eigenvalue weighted by molar-refractivity contribution is -0.122. The summed E-state index contributed by atoms with van der Waals surface area (Å²) in [4.78, 5) is 25.8. The van der Waals surface area contributed by atoms with E-state index in [1.54, 1.807) is 48.3 Å². The van der Waals surface area contributed by atoms with Crippen LogP contribution in [0.2, 0.25) is 0 Å². The Morgan fingerprint density at radius 2 is 1.92 bits per heavy atom. The van der Waals surface area contributed by atoms with Gasteiger partial charge in [0.15, 0.2) is 5.69 Å². The van der Waals surface area contributed by atoms with Crippen LogP contribution in [0.3, 0.4) is 0 Å². The van der Waals surface area contributed by atoms with Crippen molar-refractivity contribution in [3.8, 4) is 10.6 Å². The maximum atomic E-state index is 12.6. The lowest BCUT2D eigenvalue weighted by atomic mass is 10.1.